The van der Waals surface area contributed by atoms with Crippen LogP contribution < -0.4 is 0 Å². The quantitative estimate of drug-likeness (QED) is 0.624. The van der Waals surface area contributed by atoms with E-state index in [0.717, 1.165) is 6.42 Å². The van der Waals surface area contributed by atoms with Crippen molar-refractivity contribution in [1.82, 2.24) is 4.90 Å². The highest BCUT2D eigenvalue weighted by Gasteiger charge is 2.32. The van der Waals surface area contributed by atoms with Crippen LogP contribution in [0, 0.1) is 11.3 Å². The fraction of sp³-hybridized carbons (Fsp3) is 0.778. The molecule has 0 radical (unpaired) electrons. The van der Waals surface area contributed by atoms with E-state index in [1.54, 1.807) is 7.11 Å². The van der Waals surface area contributed by atoms with Gasteiger partial charge in [0.25, 0.3) is 0 Å². The summed E-state index contributed by atoms with van der Waals surface area (Å²) in [4.78, 5) is 12.7. The van der Waals surface area contributed by atoms with Gasteiger partial charge in [-0.1, -0.05) is 0 Å². The molecule has 2 atom stereocenters. The van der Waals surface area contributed by atoms with Crippen molar-refractivity contribution in [2.45, 2.75) is 25.0 Å². The number of likely N-dealkylation sites (tertiary alicyclic amines) is 1. The van der Waals surface area contributed by atoms with Crippen molar-refractivity contribution in [1.29, 1.82) is 5.26 Å². The fourth-order valence-corrected chi connectivity index (χ4v) is 1.61. The van der Waals surface area contributed by atoms with E-state index in [0.29, 0.717) is 13.0 Å². The summed E-state index contributed by atoms with van der Waals surface area (Å²) < 4.78 is 9.74. The lowest BCUT2D eigenvalue weighted by Gasteiger charge is -2.33. The summed E-state index contributed by atoms with van der Waals surface area (Å²) in [5, 5.41) is 8.86. The van der Waals surface area contributed by atoms with Crippen molar-refractivity contribution in [3.63, 3.8) is 0 Å². The van der Waals surface area contributed by atoms with Crippen molar-refractivity contribution in [3.05, 3.63) is 0 Å². The lowest BCUT2D eigenvalue weighted by atomic mass is 10.0. The first-order valence-electron chi connectivity index (χ1n) is 4.50. The van der Waals surface area contributed by atoms with Gasteiger partial charge in [0, 0.05) is 20.1 Å². The molecule has 1 heterocycles. The van der Waals surface area contributed by atoms with Crippen LogP contribution in [0.4, 0.5) is 4.79 Å². The van der Waals surface area contributed by atoms with E-state index in [4.69, 9.17) is 10.00 Å². The summed E-state index contributed by atoms with van der Waals surface area (Å²) in [7, 11) is 2.94. The van der Waals surface area contributed by atoms with Gasteiger partial charge < -0.3 is 9.47 Å². The summed E-state index contributed by atoms with van der Waals surface area (Å²) >= 11 is 0. The third kappa shape index (κ3) is 2.15. The first-order chi connectivity index (χ1) is 6.72. The normalized spacial score (nSPS) is 26.8. The van der Waals surface area contributed by atoms with Gasteiger partial charge in [-0.25, -0.2) is 4.79 Å². The van der Waals surface area contributed by atoms with Crippen LogP contribution in [0.1, 0.15) is 12.8 Å². The van der Waals surface area contributed by atoms with Crippen LogP contribution in [0.5, 0.6) is 0 Å². The van der Waals surface area contributed by atoms with Crippen LogP contribution in [-0.2, 0) is 9.47 Å². The van der Waals surface area contributed by atoms with Gasteiger partial charge in [0.05, 0.1) is 19.3 Å². The third-order valence-electron chi connectivity index (χ3n) is 2.45. The summed E-state index contributed by atoms with van der Waals surface area (Å²) in [5.41, 5.74) is 0. The molecule has 0 aromatic rings. The molecule has 1 aliphatic rings. The molecule has 0 N–H and O–H groups in total. The maximum Gasteiger partial charge on any atom is 0.410 e. The van der Waals surface area contributed by atoms with Gasteiger partial charge in [0.1, 0.15) is 6.04 Å². The Morgan fingerprint density at radius 1 is 1.57 bits per heavy atom. The smallest absolute Gasteiger partial charge is 0.410 e. The summed E-state index contributed by atoms with van der Waals surface area (Å²) in [6.45, 7) is 0.517. The second-order valence-corrected chi connectivity index (χ2v) is 3.19. The molecule has 1 rings (SSSR count). The number of nitriles is 1. The average molecular weight is 198 g/mol. The molecular weight excluding hydrogens is 184 g/mol. The number of nitrogens with zero attached hydrogens (tertiary/aromatic N) is 2. The van der Waals surface area contributed by atoms with Crippen molar-refractivity contribution in [2.75, 3.05) is 20.8 Å². The highest BCUT2D eigenvalue weighted by Crippen LogP contribution is 2.19. The molecule has 5 nitrogen and oxygen atoms in total. The van der Waals surface area contributed by atoms with Crippen LogP contribution in [-0.4, -0.2) is 43.9 Å². The molecule has 2 unspecified atom stereocenters. The Labute approximate surface area is 83.2 Å². The number of amides is 1. The number of rotatable bonds is 1. The molecule has 0 saturated carbocycles. The van der Waals surface area contributed by atoms with Crippen molar-refractivity contribution < 1.29 is 14.3 Å². The zero-order valence-corrected chi connectivity index (χ0v) is 8.40. The third-order valence-corrected chi connectivity index (χ3v) is 2.45. The van der Waals surface area contributed by atoms with E-state index < -0.39 is 12.1 Å². The van der Waals surface area contributed by atoms with Gasteiger partial charge in [-0.15, -0.1) is 0 Å². The first kappa shape index (κ1) is 10.8. The minimum Gasteiger partial charge on any atom is -0.453 e. The van der Waals surface area contributed by atoms with Crippen LogP contribution >= 0.6 is 0 Å². The van der Waals surface area contributed by atoms with E-state index >= 15 is 0 Å². The number of carbonyl (C=O) groups is 1. The van der Waals surface area contributed by atoms with Crippen molar-refractivity contribution in [2.24, 2.45) is 0 Å². The molecule has 0 aromatic heterocycles. The number of carbonyl (C=O) groups excluding carboxylic acids is 1. The Kier molecular flexibility index (Phi) is 3.72. The predicted molar refractivity (Wildman–Crippen MR) is 48.5 cm³/mol. The number of piperidine rings is 1. The van der Waals surface area contributed by atoms with Crippen molar-refractivity contribution >= 4 is 6.09 Å². The van der Waals surface area contributed by atoms with Gasteiger partial charge in [-0.05, 0) is 6.42 Å². The van der Waals surface area contributed by atoms with Crippen LogP contribution in [0.15, 0.2) is 0 Å². The Balaban J connectivity index is 2.62. The van der Waals surface area contributed by atoms with Gasteiger partial charge in [0.2, 0.25) is 0 Å². The van der Waals surface area contributed by atoms with Crippen LogP contribution in [0.3, 0.4) is 0 Å². The molecule has 5 heteroatoms. The molecular formula is C9H14N2O3. The Morgan fingerprint density at radius 3 is 2.79 bits per heavy atom. The van der Waals surface area contributed by atoms with Crippen molar-refractivity contribution in [3.8, 4) is 6.07 Å². The Hall–Kier alpha value is -1.28. The van der Waals surface area contributed by atoms with Crippen LogP contribution in [0.2, 0.25) is 0 Å². The van der Waals surface area contributed by atoms with Crippen LogP contribution in [0.25, 0.3) is 0 Å². The minimum absolute atomic E-state index is 0.0700. The van der Waals surface area contributed by atoms with E-state index in [1.165, 1.54) is 12.0 Å². The Morgan fingerprint density at radius 2 is 2.29 bits per heavy atom. The first-order valence-corrected chi connectivity index (χ1v) is 4.50. The average Bonchev–Trinajstić information content (AvgIpc) is 2.27. The highest BCUT2D eigenvalue weighted by molar-refractivity contribution is 5.68. The number of methoxy groups -OCH3 is 2. The molecule has 78 valence electrons. The molecule has 1 fully saturated rings. The number of hydrogen-bond acceptors (Lipinski definition) is 4. The second-order valence-electron chi connectivity index (χ2n) is 3.19. The zero-order valence-electron chi connectivity index (χ0n) is 8.40. The minimum atomic E-state index is -0.439. The van der Waals surface area contributed by atoms with Gasteiger partial charge in [0.15, 0.2) is 0 Å². The van der Waals surface area contributed by atoms with E-state index in [1.807, 2.05) is 0 Å². The second kappa shape index (κ2) is 4.82. The molecule has 0 bridgehead atoms. The van der Waals surface area contributed by atoms with E-state index in [2.05, 4.69) is 10.8 Å². The standard InChI is InChI=1S/C9H14N2O3/c1-13-8-3-4-11(9(12)14-2)7(5-8)6-10/h7-8H,3-5H2,1-2H3. The molecule has 0 spiro atoms. The van der Waals surface area contributed by atoms with Gasteiger partial charge in [-0.2, -0.15) is 5.26 Å². The molecule has 1 saturated heterocycles. The highest BCUT2D eigenvalue weighted by atomic mass is 16.5. The molecule has 14 heavy (non-hydrogen) atoms. The molecule has 1 amide bonds. The molecule has 0 aliphatic carbocycles. The largest absolute Gasteiger partial charge is 0.453 e. The van der Waals surface area contributed by atoms with E-state index in [9.17, 15) is 4.79 Å². The number of hydrogen-bond donors (Lipinski definition) is 0. The van der Waals surface area contributed by atoms with E-state index in [-0.39, 0.29) is 6.10 Å². The Bertz CT molecular complexity index is 249. The zero-order chi connectivity index (χ0) is 10.6. The lowest BCUT2D eigenvalue weighted by Crippen LogP contribution is -2.47. The monoisotopic (exact) mass is 198 g/mol. The summed E-state index contributed by atoms with van der Waals surface area (Å²) in [6.07, 6.45) is 0.943. The maximum absolute atomic E-state index is 11.2. The SMILES string of the molecule is COC(=O)N1CCC(OC)CC1C#N. The van der Waals surface area contributed by atoms with Gasteiger partial charge >= 0.3 is 6.09 Å². The molecule has 0 aromatic carbocycles. The number of ether oxygens (including phenoxy) is 2. The topological polar surface area (TPSA) is 62.6 Å². The molecule has 1 aliphatic heterocycles. The maximum atomic E-state index is 11.2. The predicted octanol–water partition coefficient (Wildman–Crippen LogP) is 0.756. The lowest BCUT2D eigenvalue weighted by molar-refractivity contribution is 0.0239. The summed E-state index contributed by atoms with van der Waals surface area (Å²) in [5.74, 6) is 0. The summed E-state index contributed by atoms with van der Waals surface area (Å²) in [6, 6.07) is 1.65. The fourth-order valence-electron chi connectivity index (χ4n) is 1.61. The van der Waals surface area contributed by atoms with Gasteiger partial charge in [-0.3, -0.25) is 4.90 Å².